The van der Waals surface area contributed by atoms with E-state index in [9.17, 15) is 13.2 Å². The van der Waals surface area contributed by atoms with E-state index in [1.807, 2.05) is 0 Å². The number of fused-ring (bicyclic) bond motifs is 1. The number of halogens is 3. The molecule has 3 rings (SSSR count). The monoisotopic (exact) mass is 280 g/mol. The SMILES string of the molecule is Cn1cc(-c2[nH]ncc2N)c2cccc(C(F)(F)F)c21. The highest BCUT2D eigenvalue weighted by Gasteiger charge is 2.34. The minimum absolute atomic E-state index is 0.129. The molecule has 20 heavy (non-hydrogen) atoms. The Hall–Kier alpha value is -2.44. The van der Waals surface area contributed by atoms with Crippen LogP contribution in [0.4, 0.5) is 18.9 Å². The van der Waals surface area contributed by atoms with Gasteiger partial charge in [0.05, 0.1) is 28.7 Å². The highest BCUT2D eigenvalue weighted by molar-refractivity contribution is 5.99. The van der Waals surface area contributed by atoms with Crippen LogP contribution in [0.5, 0.6) is 0 Å². The maximum absolute atomic E-state index is 13.1. The second-order valence-electron chi connectivity index (χ2n) is 4.55. The number of rotatable bonds is 1. The number of hydrogen-bond acceptors (Lipinski definition) is 2. The number of alkyl halides is 3. The Morgan fingerprint density at radius 1 is 1.30 bits per heavy atom. The molecule has 0 radical (unpaired) electrons. The molecule has 0 saturated carbocycles. The lowest BCUT2D eigenvalue weighted by molar-refractivity contribution is -0.136. The summed E-state index contributed by atoms with van der Waals surface area (Å²) in [7, 11) is 1.58. The summed E-state index contributed by atoms with van der Waals surface area (Å²) in [6, 6.07) is 4.10. The van der Waals surface area contributed by atoms with Gasteiger partial charge in [-0.3, -0.25) is 5.10 Å². The number of nitrogens with one attached hydrogen (secondary N) is 1. The maximum Gasteiger partial charge on any atom is 0.418 e. The molecule has 0 bridgehead atoms. The highest BCUT2D eigenvalue weighted by atomic mass is 19.4. The molecule has 0 saturated heterocycles. The first-order valence-corrected chi connectivity index (χ1v) is 5.84. The Kier molecular flexibility index (Phi) is 2.53. The van der Waals surface area contributed by atoms with Gasteiger partial charge >= 0.3 is 6.18 Å². The van der Waals surface area contributed by atoms with E-state index in [0.29, 0.717) is 22.3 Å². The van der Waals surface area contributed by atoms with Gasteiger partial charge < -0.3 is 10.3 Å². The molecular formula is C13H11F3N4. The third-order valence-corrected chi connectivity index (χ3v) is 3.25. The second kappa shape index (κ2) is 4.03. The molecule has 2 heterocycles. The minimum atomic E-state index is -4.40. The first kappa shape index (κ1) is 12.6. The molecule has 4 nitrogen and oxygen atoms in total. The zero-order valence-corrected chi connectivity index (χ0v) is 10.5. The van der Waals surface area contributed by atoms with E-state index in [4.69, 9.17) is 5.73 Å². The number of aromatic nitrogens is 3. The van der Waals surface area contributed by atoms with Gasteiger partial charge in [0.25, 0.3) is 0 Å². The number of hydrogen-bond donors (Lipinski definition) is 2. The molecule has 0 amide bonds. The van der Waals surface area contributed by atoms with Crippen LogP contribution in [-0.4, -0.2) is 14.8 Å². The average Bonchev–Trinajstić information content (AvgIpc) is 2.92. The number of nitrogens with zero attached hydrogens (tertiary/aromatic N) is 2. The first-order chi connectivity index (χ1) is 9.39. The van der Waals surface area contributed by atoms with Crippen LogP contribution in [-0.2, 0) is 13.2 Å². The summed E-state index contributed by atoms with van der Waals surface area (Å²) in [5.41, 5.74) is 6.76. The van der Waals surface area contributed by atoms with Gasteiger partial charge in [0.15, 0.2) is 0 Å². The van der Waals surface area contributed by atoms with E-state index in [0.717, 1.165) is 6.07 Å². The average molecular weight is 280 g/mol. The normalized spacial score (nSPS) is 12.2. The Bertz CT molecular complexity index is 783. The smallest absolute Gasteiger partial charge is 0.396 e. The largest absolute Gasteiger partial charge is 0.418 e. The van der Waals surface area contributed by atoms with Gasteiger partial charge in [-0.2, -0.15) is 18.3 Å². The zero-order valence-electron chi connectivity index (χ0n) is 10.5. The van der Waals surface area contributed by atoms with E-state index in [-0.39, 0.29) is 5.52 Å². The van der Waals surface area contributed by atoms with Crippen molar-refractivity contribution in [3.8, 4) is 11.3 Å². The van der Waals surface area contributed by atoms with E-state index in [2.05, 4.69) is 10.2 Å². The van der Waals surface area contributed by atoms with Gasteiger partial charge in [0, 0.05) is 24.2 Å². The van der Waals surface area contributed by atoms with Crippen LogP contribution in [0.15, 0.2) is 30.6 Å². The summed E-state index contributed by atoms with van der Waals surface area (Å²) in [6.45, 7) is 0. The van der Waals surface area contributed by atoms with Gasteiger partial charge in [-0.15, -0.1) is 0 Å². The van der Waals surface area contributed by atoms with Crippen molar-refractivity contribution in [1.82, 2.24) is 14.8 Å². The van der Waals surface area contributed by atoms with Gasteiger partial charge in [-0.1, -0.05) is 12.1 Å². The summed E-state index contributed by atoms with van der Waals surface area (Å²) < 4.78 is 40.7. The number of H-pyrrole nitrogens is 1. The quantitative estimate of drug-likeness (QED) is 0.719. The lowest BCUT2D eigenvalue weighted by atomic mass is 10.1. The van der Waals surface area contributed by atoms with Crippen LogP contribution in [0.25, 0.3) is 22.2 Å². The molecule has 3 N–H and O–H groups in total. The van der Waals surface area contributed by atoms with Crippen LogP contribution in [0.2, 0.25) is 0 Å². The lowest BCUT2D eigenvalue weighted by Gasteiger charge is -2.09. The summed E-state index contributed by atoms with van der Waals surface area (Å²) in [4.78, 5) is 0. The Morgan fingerprint density at radius 3 is 2.65 bits per heavy atom. The van der Waals surface area contributed by atoms with Crippen molar-refractivity contribution in [1.29, 1.82) is 0 Å². The van der Waals surface area contributed by atoms with Gasteiger partial charge in [0.2, 0.25) is 0 Å². The fourth-order valence-corrected chi connectivity index (χ4v) is 2.41. The van der Waals surface area contributed by atoms with Crippen LogP contribution < -0.4 is 5.73 Å². The molecule has 2 aromatic heterocycles. The van der Waals surface area contributed by atoms with E-state index in [1.54, 1.807) is 19.3 Å². The molecule has 0 fully saturated rings. The van der Waals surface area contributed by atoms with Crippen molar-refractivity contribution in [2.75, 3.05) is 5.73 Å². The first-order valence-electron chi connectivity index (χ1n) is 5.84. The molecule has 0 spiro atoms. The zero-order chi connectivity index (χ0) is 14.5. The van der Waals surface area contributed by atoms with E-state index >= 15 is 0 Å². The number of aromatic amines is 1. The molecule has 0 aliphatic heterocycles. The standard InChI is InChI=1S/C13H11F3N4/c1-20-6-8(11-10(17)5-18-19-11)7-3-2-4-9(12(7)20)13(14,15)16/h2-6H,17H2,1H3,(H,18,19). The molecule has 0 unspecified atom stereocenters. The van der Waals surface area contributed by atoms with E-state index in [1.165, 1.54) is 16.8 Å². The van der Waals surface area contributed by atoms with E-state index < -0.39 is 11.7 Å². The summed E-state index contributed by atoms with van der Waals surface area (Å²) >= 11 is 0. The van der Waals surface area contributed by atoms with Crippen LogP contribution in [0.3, 0.4) is 0 Å². The molecule has 0 aliphatic carbocycles. The Morgan fingerprint density at radius 2 is 2.05 bits per heavy atom. The molecule has 0 aliphatic rings. The van der Waals surface area contributed by atoms with Crippen molar-refractivity contribution in [3.05, 3.63) is 36.2 Å². The van der Waals surface area contributed by atoms with Gasteiger partial charge in [0.1, 0.15) is 0 Å². The molecule has 3 aromatic rings. The third kappa shape index (κ3) is 1.74. The van der Waals surface area contributed by atoms with Crippen molar-refractivity contribution in [2.45, 2.75) is 6.18 Å². The second-order valence-corrected chi connectivity index (χ2v) is 4.55. The number of benzene rings is 1. The lowest BCUT2D eigenvalue weighted by Crippen LogP contribution is -2.07. The molecule has 0 atom stereocenters. The van der Waals surface area contributed by atoms with Gasteiger partial charge in [-0.05, 0) is 6.07 Å². The molecule has 7 heteroatoms. The van der Waals surface area contributed by atoms with Crippen molar-refractivity contribution in [3.63, 3.8) is 0 Å². The van der Waals surface area contributed by atoms with Crippen molar-refractivity contribution in [2.24, 2.45) is 7.05 Å². The number of aryl methyl sites for hydroxylation is 1. The predicted molar refractivity (Wildman–Crippen MR) is 69.9 cm³/mol. The fraction of sp³-hybridized carbons (Fsp3) is 0.154. The number of nitrogen functional groups attached to an aromatic ring is 1. The molecule has 104 valence electrons. The molecule has 1 aromatic carbocycles. The topological polar surface area (TPSA) is 59.6 Å². The number of para-hydroxylation sites is 1. The van der Waals surface area contributed by atoms with Gasteiger partial charge in [-0.25, -0.2) is 0 Å². The van der Waals surface area contributed by atoms with Crippen LogP contribution in [0.1, 0.15) is 5.56 Å². The Labute approximate surface area is 112 Å². The van der Waals surface area contributed by atoms with Crippen molar-refractivity contribution >= 4 is 16.6 Å². The van der Waals surface area contributed by atoms with Crippen LogP contribution >= 0.6 is 0 Å². The van der Waals surface area contributed by atoms with Crippen molar-refractivity contribution < 1.29 is 13.2 Å². The minimum Gasteiger partial charge on any atom is -0.396 e. The fourth-order valence-electron chi connectivity index (χ4n) is 2.41. The number of nitrogens with two attached hydrogens (primary N) is 1. The summed E-state index contributed by atoms with van der Waals surface area (Å²) in [6.07, 6.45) is -1.35. The Balaban J connectivity index is 2.37. The maximum atomic E-state index is 13.1. The summed E-state index contributed by atoms with van der Waals surface area (Å²) in [5, 5.41) is 7.00. The predicted octanol–water partition coefficient (Wildman–Crippen LogP) is 3.17. The number of anilines is 1. The third-order valence-electron chi connectivity index (χ3n) is 3.25. The molecular weight excluding hydrogens is 269 g/mol. The highest BCUT2D eigenvalue weighted by Crippen LogP contribution is 2.39. The summed E-state index contributed by atoms with van der Waals surface area (Å²) in [5.74, 6) is 0. The van der Waals surface area contributed by atoms with Crippen LogP contribution in [0, 0.1) is 0 Å².